The summed E-state index contributed by atoms with van der Waals surface area (Å²) in [7, 11) is -3.45. The zero-order valence-corrected chi connectivity index (χ0v) is 18.3. The molecule has 158 valence electrons. The van der Waals surface area contributed by atoms with Crippen LogP contribution in [0.3, 0.4) is 0 Å². The summed E-state index contributed by atoms with van der Waals surface area (Å²) in [6.45, 7) is 5.02. The van der Waals surface area contributed by atoms with Crippen LogP contribution >= 0.6 is 0 Å². The van der Waals surface area contributed by atoms with Crippen molar-refractivity contribution in [3.8, 4) is 0 Å². The molecule has 0 aromatic heterocycles. The van der Waals surface area contributed by atoms with Gasteiger partial charge in [0.1, 0.15) is 0 Å². The van der Waals surface area contributed by atoms with E-state index in [1.807, 2.05) is 38.1 Å². The standard InChI is InChI=1S/C24H28N2O3S/c1-3-26(4-2)30(28,29)22-15-12-19(13-16-22)14-17-24(27)25-18-21-10-7-9-20-8-5-6-11-23(20)21/h5-13,15-16H,3-4,14,17-18H2,1-2H3,(H,25,27). The van der Waals surface area contributed by atoms with Gasteiger partial charge in [-0.3, -0.25) is 4.79 Å². The number of rotatable bonds is 9. The summed E-state index contributed by atoms with van der Waals surface area (Å²) in [6.07, 6.45) is 0.917. The van der Waals surface area contributed by atoms with Crippen LogP contribution < -0.4 is 5.32 Å². The molecule has 0 heterocycles. The van der Waals surface area contributed by atoms with E-state index in [-0.39, 0.29) is 10.8 Å². The van der Waals surface area contributed by atoms with Crippen molar-refractivity contribution in [2.75, 3.05) is 13.1 Å². The lowest BCUT2D eigenvalue weighted by Crippen LogP contribution is -2.30. The Kier molecular flexibility index (Phi) is 7.24. The second kappa shape index (κ2) is 9.87. The quantitative estimate of drug-likeness (QED) is 0.562. The van der Waals surface area contributed by atoms with Gasteiger partial charge < -0.3 is 5.32 Å². The van der Waals surface area contributed by atoms with Crippen LogP contribution in [0.25, 0.3) is 10.8 Å². The first-order chi connectivity index (χ1) is 14.5. The van der Waals surface area contributed by atoms with Gasteiger partial charge in [0, 0.05) is 26.1 Å². The van der Waals surface area contributed by atoms with Crippen LogP contribution in [-0.4, -0.2) is 31.7 Å². The Bertz CT molecular complexity index is 1100. The summed E-state index contributed by atoms with van der Waals surface area (Å²) in [5.74, 6) is -0.0252. The molecule has 6 heteroatoms. The highest BCUT2D eigenvalue weighted by atomic mass is 32.2. The molecule has 0 saturated carbocycles. The Morgan fingerprint density at radius 3 is 2.27 bits per heavy atom. The highest BCUT2D eigenvalue weighted by Crippen LogP contribution is 2.19. The van der Waals surface area contributed by atoms with Crippen LogP contribution in [0.15, 0.2) is 71.6 Å². The van der Waals surface area contributed by atoms with Crippen molar-refractivity contribution in [1.29, 1.82) is 0 Å². The van der Waals surface area contributed by atoms with Crippen molar-refractivity contribution < 1.29 is 13.2 Å². The summed E-state index contributed by atoms with van der Waals surface area (Å²) < 4.78 is 26.5. The number of nitrogens with one attached hydrogen (secondary N) is 1. The van der Waals surface area contributed by atoms with E-state index in [0.717, 1.165) is 21.9 Å². The summed E-state index contributed by atoms with van der Waals surface area (Å²) in [6, 6.07) is 21.0. The largest absolute Gasteiger partial charge is 0.352 e. The first-order valence-electron chi connectivity index (χ1n) is 10.3. The Labute approximate surface area is 178 Å². The zero-order valence-electron chi connectivity index (χ0n) is 17.5. The summed E-state index contributed by atoms with van der Waals surface area (Å²) in [4.78, 5) is 12.6. The molecule has 1 amide bonds. The number of amides is 1. The zero-order chi connectivity index (χ0) is 21.6. The molecule has 5 nitrogen and oxygen atoms in total. The molecule has 0 atom stereocenters. The molecule has 0 bridgehead atoms. The fourth-order valence-electron chi connectivity index (χ4n) is 3.53. The third-order valence-corrected chi connectivity index (χ3v) is 7.33. The highest BCUT2D eigenvalue weighted by molar-refractivity contribution is 7.89. The minimum absolute atomic E-state index is 0.0252. The number of nitrogens with zero attached hydrogens (tertiary/aromatic N) is 1. The average molecular weight is 425 g/mol. The molecule has 0 aliphatic heterocycles. The van der Waals surface area contributed by atoms with Crippen molar-refractivity contribution in [2.24, 2.45) is 0 Å². The van der Waals surface area contributed by atoms with E-state index >= 15 is 0 Å². The van der Waals surface area contributed by atoms with Gasteiger partial charge in [-0.25, -0.2) is 8.42 Å². The van der Waals surface area contributed by atoms with Gasteiger partial charge in [-0.2, -0.15) is 4.31 Å². The number of carbonyl (C=O) groups excluding carboxylic acids is 1. The number of hydrogen-bond donors (Lipinski definition) is 1. The maximum absolute atomic E-state index is 12.5. The second-order valence-corrected chi connectivity index (χ2v) is 9.09. The van der Waals surface area contributed by atoms with Gasteiger partial charge in [-0.1, -0.05) is 68.4 Å². The molecule has 0 unspecified atom stereocenters. The van der Waals surface area contributed by atoms with Gasteiger partial charge in [0.2, 0.25) is 15.9 Å². The van der Waals surface area contributed by atoms with Crippen molar-refractivity contribution >= 4 is 26.7 Å². The summed E-state index contributed by atoms with van der Waals surface area (Å²) >= 11 is 0. The lowest BCUT2D eigenvalue weighted by Gasteiger charge is -2.18. The third kappa shape index (κ3) is 5.07. The smallest absolute Gasteiger partial charge is 0.243 e. The van der Waals surface area contributed by atoms with Gasteiger partial charge in [0.05, 0.1) is 4.90 Å². The fraction of sp³-hybridized carbons (Fsp3) is 0.292. The third-order valence-electron chi connectivity index (χ3n) is 5.26. The molecule has 3 rings (SSSR count). The number of fused-ring (bicyclic) bond motifs is 1. The van der Waals surface area contributed by atoms with Crippen LogP contribution in [0, 0.1) is 0 Å². The molecule has 3 aromatic carbocycles. The number of sulfonamides is 1. The van der Waals surface area contributed by atoms with Crippen molar-refractivity contribution in [1.82, 2.24) is 9.62 Å². The van der Waals surface area contributed by atoms with Crippen molar-refractivity contribution in [3.05, 3.63) is 77.9 Å². The van der Waals surface area contributed by atoms with Crippen molar-refractivity contribution in [3.63, 3.8) is 0 Å². The van der Waals surface area contributed by atoms with Gasteiger partial charge in [0.15, 0.2) is 0 Å². The molecule has 0 spiro atoms. The van der Waals surface area contributed by atoms with Gasteiger partial charge in [0.25, 0.3) is 0 Å². The highest BCUT2D eigenvalue weighted by Gasteiger charge is 2.21. The topological polar surface area (TPSA) is 66.5 Å². The summed E-state index contributed by atoms with van der Waals surface area (Å²) in [5.41, 5.74) is 2.03. The normalized spacial score (nSPS) is 11.7. The van der Waals surface area contributed by atoms with E-state index < -0.39 is 10.0 Å². The van der Waals surface area contributed by atoms with E-state index in [1.165, 1.54) is 4.31 Å². The Morgan fingerprint density at radius 2 is 1.57 bits per heavy atom. The molecule has 1 N–H and O–H groups in total. The first-order valence-corrected chi connectivity index (χ1v) is 11.7. The Balaban J connectivity index is 1.56. The minimum Gasteiger partial charge on any atom is -0.352 e. The molecule has 0 saturated heterocycles. The maximum atomic E-state index is 12.5. The molecular formula is C24H28N2O3S. The first kappa shape index (κ1) is 22.0. The SMILES string of the molecule is CCN(CC)S(=O)(=O)c1ccc(CCC(=O)NCc2cccc3ccccc23)cc1. The monoisotopic (exact) mass is 424 g/mol. The van der Waals surface area contributed by atoms with Crippen LogP contribution in [0.2, 0.25) is 0 Å². The summed E-state index contributed by atoms with van der Waals surface area (Å²) in [5, 5.41) is 5.29. The van der Waals surface area contributed by atoms with Crippen LogP contribution in [0.1, 0.15) is 31.4 Å². The average Bonchev–Trinajstić information content (AvgIpc) is 2.77. The molecule has 30 heavy (non-hydrogen) atoms. The second-order valence-electron chi connectivity index (χ2n) is 7.15. The predicted molar refractivity (Wildman–Crippen MR) is 121 cm³/mol. The lowest BCUT2D eigenvalue weighted by atomic mass is 10.0. The van der Waals surface area contributed by atoms with Gasteiger partial charge >= 0.3 is 0 Å². The predicted octanol–water partition coefficient (Wildman–Crippen LogP) is 4.12. The van der Waals surface area contributed by atoms with Crippen LogP contribution in [0.4, 0.5) is 0 Å². The maximum Gasteiger partial charge on any atom is 0.243 e. The number of benzene rings is 3. The van der Waals surface area contributed by atoms with Crippen LogP contribution in [0.5, 0.6) is 0 Å². The number of aryl methyl sites for hydroxylation is 1. The number of carbonyl (C=O) groups is 1. The molecule has 0 fully saturated rings. The molecule has 0 aliphatic carbocycles. The Morgan fingerprint density at radius 1 is 0.900 bits per heavy atom. The van der Waals surface area contributed by atoms with Gasteiger partial charge in [-0.15, -0.1) is 0 Å². The molecule has 0 radical (unpaired) electrons. The molecule has 3 aromatic rings. The number of hydrogen-bond acceptors (Lipinski definition) is 3. The van der Waals surface area contributed by atoms with Crippen LogP contribution in [-0.2, 0) is 27.8 Å². The van der Waals surface area contributed by atoms with E-state index in [4.69, 9.17) is 0 Å². The van der Waals surface area contributed by atoms with Crippen molar-refractivity contribution in [2.45, 2.75) is 38.1 Å². The fourth-order valence-corrected chi connectivity index (χ4v) is 4.99. The minimum atomic E-state index is -3.45. The van der Waals surface area contributed by atoms with E-state index in [2.05, 4.69) is 23.5 Å². The molecule has 0 aliphatic rings. The van der Waals surface area contributed by atoms with E-state index in [1.54, 1.807) is 24.3 Å². The van der Waals surface area contributed by atoms with E-state index in [9.17, 15) is 13.2 Å². The van der Waals surface area contributed by atoms with Gasteiger partial charge in [-0.05, 0) is 40.5 Å². The van der Waals surface area contributed by atoms with E-state index in [0.29, 0.717) is 32.5 Å². The molecular weight excluding hydrogens is 396 g/mol. The lowest BCUT2D eigenvalue weighted by molar-refractivity contribution is -0.121. The Hall–Kier alpha value is -2.70.